The molecule has 21 heavy (non-hydrogen) atoms. The van der Waals surface area contributed by atoms with Crippen molar-refractivity contribution in [3.63, 3.8) is 0 Å². The van der Waals surface area contributed by atoms with Gasteiger partial charge in [-0.25, -0.2) is 4.98 Å². The standard InChI is InChI=1S/C18H30N2S/c1-11(2)15-12(3)19-16(20-17(15)21)13-7-9-14(10-8-13)18(4,5)6/h11,13-14H,7-10H2,1-6H3,(H,19,20,21). The number of aryl methyl sites for hydroxylation is 1. The number of aromatic nitrogens is 2. The molecule has 2 rings (SSSR count). The number of rotatable bonds is 2. The monoisotopic (exact) mass is 306 g/mol. The van der Waals surface area contributed by atoms with Crippen molar-refractivity contribution in [1.82, 2.24) is 9.97 Å². The Morgan fingerprint density at radius 3 is 2.14 bits per heavy atom. The first-order chi connectivity index (χ1) is 9.70. The lowest BCUT2D eigenvalue weighted by molar-refractivity contribution is 0.167. The summed E-state index contributed by atoms with van der Waals surface area (Å²) in [6.45, 7) is 13.6. The van der Waals surface area contributed by atoms with E-state index in [4.69, 9.17) is 17.2 Å². The van der Waals surface area contributed by atoms with E-state index in [1.165, 1.54) is 36.9 Å². The Hall–Kier alpha value is -0.700. The lowest BCUT2D eigenvalue weighted by Crippen LogP contribution is -2.26. The third-order valence-electron chi connectivity index (χ3n) is 5.09. The molecule has 3 heteroatoms. The summed E-state index contributed by atoms with van der Waals surface area (Å²) in [4.78, 5) is 8.27. The molecular weight excluding hydrogens is 276 g/mol. The number of hydrogen-bond acceptors (Lipinski definition) is 2. The van der Waals surface area contributed by atoms with Crippen LogP contribution in [-0.4, -0.2) is 9.97 Å². The minimum absolute atomic E-state index is 0.433. The number of hydrogen-bond donors (Lipinski definition) is 1. The van der Waals surface area contributed by atoms with Gasteiger partial charge in [-0.3, -0.25) is 0 Å². The zero-order chi connectivity index (χ0) is 15.8. The highest BCUT2D eigenvalue weighted by molar-refractivity contribution is 7.71. The van der Waals surface area contributed by atoms with Crippen LogP contribution in [0, 0.1) is 22.9 Å². The van der Waals surface area contributed by atoms with Crippen molar-refractivity contribution in [3.05, 3.63) is 21.7 Å². The lowest BCUT2D eigenvalue weighted by Gasteiger charge is -2.36. The first-order valence-corrected chi connectivity index (χ1v) is 8.71. The Bertz CT molecular complexity index is 543. The molecule has 1 N–H and O–H groups in total. The van der Waals surface area contributed by atoms with Gasteiger partial charge in [-0.2, -0.15) is 0 Å². The van der Waals surface area contributed by atoms with Gasteiger partial charge in [0.1, 0.15) is 10.5 Å². The molecule has 1 heterocycles. The zero-order valence-electron chi connectivity index (χ0n) is 14.4. The van der Waals surface area contributed by atoms with Crippen molar-refractivity contribution in [2.24, 2.45) is 11.3 Å². The van der Waals surface area contributed by atoms with E-state index in [0.717, 1.165) is 16.4 Å². The van der Waals surface area contributed by atoms with Crippen LogP contribution in [0.25, 0.3) is 0 Å². The first-order valence-electron chi connectivity index (χ1n) is 8.31. The Balaban J connectivity index is 2.17. The molecule has 1 aromatic rings. The maximum absolute atomic E-state index is 5.52. The van der Waals surface area contributed by atoms with Crippen molar-refractivity contribution < 1.29 is 0 Å². The molecule has 0 aliphatic heterocycles. The molecule has 0 amide bonds. The highest BCUT2D eigenvalue weighted by Gasteiger charge is 2.31. The Morgan fingerprint density at radius 1 is 1.14 bits per heavy atom. The van der Waals surface area contributed by atoms with Crippen LogP contribution in [0.15, 0.2) is 0 Å². The largest absolute Gasteiger partial charge is 0.347 e. The summed E-state index contributed by atoms with van der Waals surface area (Å²) < 4.78 is 0.800. The van der Waals surface area contributed by atoms with Crippen LogP contribution < -0.4 is 0 Å². The van der Waals surface area contributed by atoms with Crippen LogP contribution >= 0.6 is 12.2 Å². The van der Waals surface area contributed by atoms with Gasteiger partial charge in [0.25, 0.3) is 0 Å². The molecule has 1 saturated carbocycles. The van der Waals surface area contributed by atoms with Gasteiger partial charge in [0.05, 0.1) is 0 Å². The van der Waals surface area contributed by atoms with Crippen LogP contribution in [-0.2, 0) is 0 Å². The normalized spacial score (nSPS) is 23.6. The quantitative estimate of drug-likeness (QED) is 0.690. The van der Waals surface area contributed by atoms with Crippen LogP contribution in [0.3, 0.4) is 0 Å². The fraction of sp³-hybridized carbons (Fsp3) is 0.778. The van der Waals surface area contributed by atoms with Gasteiger partial charge >= 0.3 is 0 Å². The van der Waals surface area contributed by atoms with E-state index in [1.54, 1.807) is 0 Å². The van der Waals surface area contributed by atoms with Crippen molar-refractivity contribution >= 4 is 12.2 Å². The Morgan fingerprint density at radius 2 is 1.71 bits per heavy atom. The average molecular weight is 307 g/mol. The second-order valence-corrected chi connectivity index (χ2v) is 8.42. The van der Waals surface area contributed by atoms with Gasteiger partial charge in [0, 0.05) is 17.2 Å². The molecule has 0 saturated heterocycles. The molecule has 0 spiro atoms. The SMILES string of the molecule is Cc1[nH]c(C2CCC(C(C)(C)C)CC2)nc(=S)c1C(C)C. The predicted octanol–water partition coefficient (Wildman–Crippen LogP) is 5.89. The molecule has 118 valence electrons. The minimum atomic E-state index is 0.433. The van der Waals surface area contributed by atoms with Crippen LogP contribution in [0.1, 0.15) is 89.2 Å². The molecule has 1 aliphatic rings. The minimum Gasteiger partial charge on any atom is -0.347 e. The topological polar surface area (TPSA) is 28.7 Å². The van der Waals surface area contributed by atoms with Crippen molar-refractivity contribution in [2.75, 3.05) is 0 Å². The predicted molar refractivity (Wildman–Crippen MR) is 92.4 cm³/mol. The summed E-state index contributed by atoms with van der Waals surface area (Å²) in [5.74, 6) is 2.96. The number of aromatic amines is 1. The van der Waals surface area contributed by atoms with Crippen molar-refractivity contribution in [2.45, 2.75) is 79.1 Å². The van der Waals surface area contributed by atoms with Gasteiger partial charge in [-0.05, 0) is 49.9 Å². The third-order valence-corrected chi connectivity index (χ3v) is 5.40. The number of nitrogens with zero attached hydrogens (tertiary/aromatic N) is 1. The van der Waals surface area contributed by atoms with Gasteiger partial charge in [0.2, 0.25) is 0 Å². The van der Waals surface area contributed by atoms with E-state index in [0.29, 0.717) is 17.3 Å². The highest BCUT2D eigenvalue weighted by Crippen LogP contribution is 2.42. The molecule has 0 bridgehead atoms. The Kier molecular flexibility index (Phi) is 4.92. The molecule has 0 atom stereocenters. The second kappa shape index (κ2) is 6.20. The maximum Gasteiger partial charge on any atom is 0.133 e. The summed E-state index contributed by atoms with van der Waals surface area (Å²) in [5, 5.41) is 0. The smallest absolute Gasteiger partial charge is 0.133 e. The van der Waals surface area contributed by atoms with E-state index in [-0.39, 0.29) is 0 Å². The molecule has 2 nitrogen and oxygen atoms in total. The summed E-state index contributed by atoms with van der Waals surface area (Å²) in [5.41, 5.74) is 2.85. The molecular formula is C18H30N2S. The summed E-state index contributed by atoms with van der Waals surface area (Å²) in [6, 6.07) is 0. The summed E-state index contributed by atoms with van der Waals surface area (Å²) >= 11 is 5.52. The maximum atomic E-state index is 5.52. The van der Waals surface area contributed by atoms with Crippen LogP contribution in [0.2, 0.25) is 0 Å². The fourth-order valence-electron chi connectivity index (χ4n) is 3.72. The van der Waals surface area contributed by atoms with Crippen LogP contribution in [0.5, 0.6) is 0 Å². The number of nitrogens with one attached hydrogen (secondary N) is 1. The molecule has 1 aromatic heterocycles. The summed E-state index contributed by atoms with van der Waals surface area (Å²) in [6.07, 6.45) is 5.09. The molecule has 0 radical (unpaired) electrons. The fourth-order valence-corrected chi connectivity index (χ4v) is 4.21. The molecule has 1 fully saturated rings. The van der Waals surface area contributed by atoms with Crippen molar-refractivity contribution in [3.8, 4) is 0 Å². The van der Waals surface area contributed by atoms with E-state index < -0.39 is 0 Å². The van der Waals surface area contributed by atoms with E-state index in [9.17, 15) is 0 Å². The van der Waals surface area contributed by atoms with Gasteiger partial charge in [0.15, 0.2) is 0 Å². The highest BCUT2D eigenvalue weighted by atomic mass is 32.1. The number of H-pyrrole nitrogens is 1. The van der Waals surface area contributed by atoms with Gasteiger partial charge in [-0.1, -0.05) is 46.8 Å². The van der Waals surface area contributed by atoms with Gasteiger partial charge in [-0.15, -0.1) is 0 Å². The third kappa shape index (κ3) is 3.74. The summed E-state index contributed by atoms with van der Waals surface area (Å²) in [7, 11) is 0. The average Bonchev–Trinajstić information content (AvgIpc) is 2.36. The zero-order valence-corrected chi connectivity index (χ0v) is 15.2. The first kappa shape index (κ1) is 16.7. The molecule has 1 aliphatic carbocycles. The van der Waals surface area contributed by atoms with Crippen LogP contribution in [0.4, 0.5) is 0 Å². The second-order valence-electron chi connectivity index (χ2n) is 8.04. The lowest BCUT2D eigenvalue weighted by atomic mass is 9.69. The van der Waals surface area contributed by atoms with E-state index in [2.05, 4.69) is 46.5 Å². The van der Waals surface area contributed by atoms with Gasteiger partial charge < -0.3 is 4.98 Å². The molecule has 0 unspecified atom stereocenters. The van der Waals surface area contributed by atoms with E-state index >= 15 is 0 Å². The molecule has 0 aromatic carbocycles. The van der Waals surface area contributed by atoms with E-state index in [1.807, 2.05) is 0 Å². The van der Waals surface area contributed by atoms with Crippen molar-refractivity contribution in [1.29, 1.82) is 0 Å². The Labute approximate surface area is 134 Å².